The van der Waals surface area contributed by atoms with Crippen molar-refractivity contribution in [2.75, 3.05) is 0 Å². The molecule has 54 valence electrons. The van der Waals surface area contributed by atoms with Crippen LogP contribution in [0.4, 0.5) is 0 Å². The van der Waals surface area contributed by atoms with Gasteiger partial charge in [0.05, 0.1) is 0 Å². The van der Waals surface area contributed by atoms with Crippen LogP contribution < -0.4 is 0 Å². The SMILES string of the molecule is C=C(C)C(C)(C)C(C)C. The van der Waals surface area contributed by atoms with Gasteiger partial charge in [0.2, 0.25) is 0 Å². The Hall–Kier alpha value is -0.260. The fourth-order valence-electron chi connectivity index (χ4n) is 0.493. The zero-order chi connectivity index (χ0) is 7.65. The average Bonchev–Trinajstić information content (AvgIpc) is 1.65. The third-order valence-corrected chi connectivity index (χ3v) is 2.54. The van der Waals surface area contributed by atoms with Crippen molar-refractivity contribution in [1.82, 2.24) is 0 Å². The minimum absolute atomic E-state index is 0.306. The molecule has 0 amide bonds. The second kappa shape index (κ2) is 2.55. The van der Waals surface area contributed by atoms with Gasteiger partial charge in [-0.2, -0.15) is 0 Å². The van der Waals surface area contributed by atoms with Crippen LogP contribution in [-0.2, 0) is 0 Å². The highest BCUT2D eigenvalue weighted by Crippen LogP contribution is 2.32. The van der Waals surface area contributed by atoms with Gasteiger partial charge in [0.15, 0.2) is 0 Å². The Bertz CT molecular complexity index is 107. The van der Waals surface area contributed by atoms with E-state index in [0.29, 0.717) is 11.3 Å². The van der Waals surface area contributed by atoms with Gasteiger partial charge < -0.3 is 0 Å². The van der Waals surface area contributed by atoms with Gasteiger partial charge in [0, 0.05) is 0 Å². The van der Waals surface area contributed by atoms with E-state index >= 15 is 0 Å². The lowest BCUT2D eigenvalue weighted by Gasteiger charge is -2.29. The molecule has 9 heavy (non-hydrogen) atoms. The van der Waals surface area contributed by atoms with Crippen molar-refractivity contribution in [2.24, 2.45) is 11.3 Å². The Morgan fingerprint density at radius 2 is 1.67 bits per heavy atom. The van der Waals surface area contributed by atoms with Crippen molar-refractivity contribution in [2.45, 2.75) is 34.6 Å². The third kappa shape index (κ3) is 1.85. The van der Waals surface area contributed by atoms with E-state index in [1.165, 1.54) is 5.57 Å². The van der Waals surface area contributed by atoms with E-state index in [1.54, 1.807) is 0 Å². The summed E-state index contributed by atoms with van der Waals surface area (Å²) in [4.78, 5) is 0. The summed E-state index contributed by atoms with van der Waals surface area (Å²) in [5, 5.41) is 0. The molecule has 0 aliphatic carbocycles. The average molecular weight is 126 g/mol. The second-order valence-electron chi connectivity index (χ2n) is 3.66. The molecular formula is C9H18. The predicted octanol–water partition coefficient (Wildman–Crippen LogP) is 3.24. The Balaban J connectivity index is 4.19. The van der Waals surface area contributed by atoms with Crippen molar-refractivity contribution in [1.29, 1.82) is 0 Å². The molecule has 0 aliphatic heterocycles. The zero-order valence-electron chi connectivity index (χ0n) is 7.28. The van der Waals surface area contributed by atoms with Gasteiger partial charge in [-0.15, -0.1) is 0 Å². The largest absolute Gasteiger partial charge is 0.0996 e. The maximum atomic E-state index is 3.95. The summed E-state index contributed by atoms with van der Waals surface area (Å²) in [7, 11) is 0. The van der Waals surface area contributed by atoms with Crippen LogP contribution in [0.1, 0.15) is 34.6 Å². The van der Waals surface area contributed by atoms with Crippen LogP contribution in [0.25, 0.3) is 0 Å². The maximum absolute atomic E-state index is 3.95. The lowest BCUT2D eigenvalue weighted by molar-refractivity contribution is 0.311. The van der Waals surface area contributed by atoms with Crippen LogP contribution in [0.2, 0.25) is 0 Å². The molecule has 0 radical (unpaired) electrons. The first-order chi connectivity index (χ1) is 3.89. The van der Waals surface area contributed by atoms with Crippen LogP contribution in [0.5, 0.6) is 0 Å². The molecule has 0 saturated carbocycles. The minimum atomic E-state index is 0.306. The monoisotopic (exact) mass is 126 g/mol. The smallest absolute Gasteiger partial charge is 0.0127 e. The molecule has 0 aromatic carbocycles. The molecule has 0 N–H and O–H groups in total. The van der Waals surface area contributed by atoms with E-state index in [9.17, 15) is 0 Å². The Morgan fingerprint density at radius 1 is 1.33 bits per heavy atom. The van der Waals surface area contributed by atoms with Gasteiger partial charge >= 0.3 is 0 Å². The minimum Gasteiger partial charge on any atom is -0.0996 e. The van der Waals surface area contributed by atoms with Gasteiger partial charge in [-0.1, -0.05) is 39.8 Å². The molecule has 0 atom stereocenters. The Labute approximate surface area is 59.0 Å². The predicted molar refractivity (Wildman–Crippen MR) is 43.4 cm³/mol. The summed E-state index contributed by atoms with van der Waals surface area (Å²) in [6.45, 7) is 15.0. The highest BCUT2D eigenvalue weighted by atomic mass is 14.3. The zero-order valence-corrected chi connectivity index (χ0v) is 7.28. The first kappa shape index (κ1) is 8.74. The highest BCUT2D eigenvalue weighted by Gasteiger charge is 2.22. The number of hydrogen-bond acceptors (Lipinski definition) is 0. The number of rotatable bonds is 2. The fraction of sp³-hybridized carbons (Fsp3) is 0.778. The van der Waals surface area contributed by atoms with Crippen LogP contribution in [-0.4, -0.2) is 0 Å². The van der Waals surface area contributed by atoms with Crippen molar-refractivity contribution in [3.63, 3.8) is 0 Å². The summed E-state index contributed by atoms with van der Waals surface area (Å²) in [6.07, 6.45) is 0. The van der Waals surface area contributed by atoms with E-state index in [4.69, 9.17) is 0 Å². The van der Waals surface area contributed by atoms with Crippen molar-refractivity contribution >= 4 is 0 Å². The number of hydrogen-bond donors (Lipinski definition) is 0. The first-order valence-electron chi connectivity index (χ1n) is 3.55. The molecule has 0 fully saturated rings. The van der Waals surface area contributed by atoms with E-state index < -0.39 is 0 Å². The summed E-state index contributed by atoms with van der Waals surface area (Å²) in [5.41, 5.74) is 1.58. The maximum Gasteiger partial charge on any atom is -0.0127 e. The molecule has 0 spiro atoms. The lowest BCUT2D eigenvalue weighted by atomic mass is 9.76. The molecule has 0 rings (SSSR count). The van der Waals surface area contributed by atoms with Gasteiger partial charge in [-0.3, -0.25) is 0 Å². The molecule has 0 heterocycles. The lowest BCUT2D eigenvalue weighted by Crippen LogP contribution is -2.19. The molecule has 0 nitrogen and oxygen atoms in total. The first-order valence-corrected chi connectivity index (χ1v) is 3.55. The summed E-state index contributed by atoms with van der Waals surface area (Å²) >= 11 is 0. The molecular weight excluding hydrogens is 108 g/mol. The van der Waals surface area contributed by atoms with Crippen LogP contribution >= 0.6 is 0 Å². The Kier molecular flexibility index (Phi) is 2.48. The van der Waals surface area contributed by atoms with E-state index in [2.05, 4.69) is 41.2 Å². The van der Waals surface area contributed by atoms with Crippen LogP contribution in [0.3, 0.4) is 0 Å². The fourth-order valence-corrected chi connectivity index (χ4v) is 0.493. The van der Waals surface area contributed by atoms with Crippen molar-refractivity contribution < 1.29 is 0 Å². The standard InChI is InChI=1S/C9H18/c1-7(2)9(5,6)8(3)4/h8H,1H2,2-6H3. The second-order valence-corrected chi connectivity index (χ2v) is 3.66. The molecule has 0 heteroatoms. The quantitative estimate of drug-likeness (QED) is 0.498. The summed E-state index contributed by atoms with van der Waals surface area (Å²) < 4.78 is 0. The van der Waals surface area contributed by atoms with Gasteiger partial charge in [-0.05, 0) is 18.3 Å². The van der Waals surface area contributed by atoms with E-state index in [0.717, 1.165) is 0 Å². The van der Waals surface area contributed by atoms with Gasteiger partial charge in [0.25, 0.3) is 0 Å². The van der Waals surface area contributed by atoms with Crippen molar-refractivity contribution in [3.8, 4) is 0 Å². The molecule has 0 unspecified atom stereocenters. The van der Waals surface area contributed by atoms with E-state index in [1.807, 2.05) is 0 Å². The number of allylic oxidation sites excluding steroid dienone is 1. The normalized spacial score (nSPS) is 12.2. The summed E-state index contributed by atoms with van der Waals surface area (Å²) in [6, 6.07) is 0. The third-order valence-electron chi connectivity index (χ3n) is 2.54. The molecule has 0 aromatic heterocycles. The van der Waals surface area contributed by atoms with E-state index in [-0.39, 0.29) is 0 Å². The Morgan fingerprint density at radius 3 is 1.67 bits per heavy atom. The molecule has 0 saturated heterocycles. The van der Waals surface area contributed by atoms with Crippen LogP contribution in [0, 0.1) is 11.3 Å². The van der Waals surface area contributed by atoms with Gasteiger partial charge in [0.1, 0.15) is 0 Å². The topological polar surface area (TPSA) is 0 Å². The van der Waals surface area contributed by atoms with Gasteiger partial charge in [-0.25, -0.2) is 0 Å². The molecule has 0 aromatic rings. The molecule has 0 bridgehead atoms. The molecule has 0 aliphatic rings. The van der Waals surface area contributed by atoms with Crippen molar-refractivity contribution in [3.05, 3.63) is 12.2 Å². The summed E-state index contributed by atoms with van der Waals surface area (Å²) in [5.74, 6) is 0.690. The highest BCUT2D eigenvalue weighted by molar-refractivity contribution is 5.04. The van der Waals surface area contributed by atoms with Crippen LogP contribution in [0.15, 0.2) is 12.2 Å².